The highest BCUT2D eigenvalue weighted by Gasteiger charge is 2.20. The fourth-order valence-corrected chi connectivity index (χ4v) is 1.83. The summed E-state index contributed by atoms with van der Waals surface area (Å²) in [5.74, 6) is -0.314. The lowest BCUT2D eigenvalue weighted by atomic mass is 10.3. The Hall–Kier alpha value is -1.93. The summed E-state index contributed by atoms with van der Waals surface area (Å²) in [5.41, 5.74) is 0.223. The molecule has 0 saturated heterocycles. The molecule has 1 aromatic rings. The van der Waals surface area contributed by atoms with Gasteiger partial charge in [-0.2, -0.15) is 0 Å². The summed E-state index contributed by atoms with van der Waals surface area (Å²) in [4.78, 5) is 22.4. The Bertz CT molecular complexity index is 485. The highest BCUT2D eigenvalue weighted by molar-refractivity contribution is 5.93. The van der Waals surface area contributed by atoms with Crippen LogP contribution in [0.1, 0.15) is 30.4 Å². The molecule has 8 nitrogen and oxygen atoms in total. The minimum atomic E-state index is -0.498. The van der Waals surface area contributed by atoms with E-state index in [0.717, 1.165) is 0 Å². The number of carbonyl (C=O) groups is 1. The second-order valence-corrected chi connectivity index (χ2v) is 4.84. The van der Waals surface area contributed by atoms with Gasteiger partial charge in [-0.15, -0.1) is 0 Å². The molecule has 1 rings (SSSR count). The molecule has 0 aliphatic heterocycles. The summed E-state index contributed by atoms with van der Waals surface area (Å²) in [6, 6.07) is 1.27. The minimum Gasteiger partial charge on any atom is -0.383 e. The molecule has 2 N–H and O–H groups in total. The van der Waals surface area contributed by atoms with Gasteiger partial charge in [0.25, 0.3) is 11.6 Å². The van der Waals surface area contributed by atoms with Gasteiger partial charge in [0.2, 0.25) is 0 Å². The van der Waals surface area contributed by atoms with E-state index in [1.54, 1.807) is 11.7 Å². The Balaban J connectivity index is 2.58. The Labute approximate surface area is 123 Å². The van der Waals surface area contributed by atoms with Gasteiger partial charge in [0.15, 0.2) is 0 Å². The molecular formula is C13H22N4O4. The highest BCUT2D eigenvalue weighted by Crippen LogP contribution is 2.20. The molecule has 0 fully saturated rings. The maximum atomic E-state index is 12.1. The van der Waals surface area contributed by atoms with Crippen molar-refractivity contribution in [1.82, 2.24) is 15.2 Å². The monoisotopic (exact) mass is 298 g/mol. The van der Waals surface area contributed by atoms with E-state index in [-0.39, 0.29) is 17.6 Å². The largest absolute Gasteiger partial charge is 0.383 e. The van der Waals surface area contributed by atoms with E-state index in [2.05, 4.69) is 10.6 Å². The third-order valence-corrected chi connectivity index (χ3v) is 2.90. The SMILES string of the molecule is COCCNCCNC(=O)c1cc([N+](=O)[O-])cn1C(C)C. The topological polar surface area (TPSA) is 98.4 Å². The van der Waals surface area contributed by atoms with Crippen LogP contribution < -0.4 is 10.6 Å². The van der Waals surface area contributed by atoms with Gasteiger partial charge in [0.1, 0.15) is 5.69 Å². The van der Waals surface area contributed by atoms with Crippen LogP contribution in [0.3, 0.4) is 0 Å². The standard InChI is InChI=1S/C13H22N4O4/c1-10(2)16-9-11(17(19)20)8-12(16)13(18)15-5-4-14-6-7-21-3/h8-10,14H,4-7H2,1-3H3,(H,15,18). The number of ether oxygens (including phenoxy) is 1. The van der Waals surface area contributed by atoms with Gasteiger partial charge >= 0.3 is 0 Å². The maximum Gasteiger partial charge on any atom is 0.287 e. The number of hydrogen-bond acceptors (Lipinski definition) is 5. The first-order valence-electron chi connectivity index (χ1n) is 6.81. The summed E-state index contributed by atoms with van der Waals surface area (Å²) in [6.45, 7) is 6.11. The lowest BCUT2D eigenvalue weighted by molar-refractivity contribution is -0.384. The van der Waals surface area contributed by atoms with Gasteiger partial charge in [-0.25, -0.2) is 0 Å². The second kappa shape index (κ2) is 8.38. The lowest BCUT2D eigenvalue weighted by Crippen LogP contribution is -2.34. The van der Waals surface area contributed by atoms with Crippen molar-refractivity contribution in [3.63, 3.8) is 0 Å². The number of aromatic nitrogens is 1. The van der Waals surface area contributed by atoms with E-state index in [9.17, 15) is 14.9 Å². The first-order chi connectivity index (χ1) is 9.97. The molecule has 0 aliphatic carbocycles. The molecule has 0 spiro atoms. The van der Waals surface area contributed by atoms with Gasteiger partial charge in [0, 0.05) is 38.9 Å². The Morgan fingerprint density at radius 2 is 2.14 bits per heavy atom. The average molecular weight is 298 g/mol. The zero-order valence-corrected chi connectivity index (χ0v) is 12.6. The first kappa shape index (κ1) is 17.1. The third-order valence-electron chi connectivity index (χ3n) is 2.90. The summed E-state index contributed by atoms with van der Waals surface area (Å²) < 4.78 is 6.49. The molecular weight excluding hydrogens is 276 g/mol. The van der Waals surface area contributed by atoms with E-state index < -0.39 is 4.92 Å². The van der Waals surface area contributed by atoms with Crippen molar-refractivity contribution in [1.29, 1.82) is 0 Å². The van der Waals surface area contributed by atoms with Crippen LogP contribution in [-0.2, 0) is 4.74 Å². The van der Waals surface area contributed by atoms with Crippen LogP contribution in [0.4, 0.5) is 5.69 Å². The van der Waals surface area contributed by atoms with E-state index in [1.807, 2.05) is 13.8 Å². The summed E-state index contributed by atoms with van der Waals surface area (Å²) >= 11 is 0. The number of nitrogens with zero attached hydrogens (tertiary/aromatic N) is 2. The molecule has 8 heteroatoms. The van der Waals surface area contributed by atoms with E-state index >= 15 is 0 Å². The zero-order valence-electron chi connectivity index (χ0n) is 12.6. The number of methoxy groups -OCH3 is 1. The van der Waals surface area contributed by atoms with Crippen LogP contribution in [0.2, 0.25) is 0 Å². The van der Waals surface area contributed by atoms with E-state index in [4.69, 9.17) is 4.74 Å². The molecule has 0 aliphatic rings. The van der Waals surface area contributed by atoms with Crippen molar-refractivity contribution >= 4 is 11.6 Å². The van der Waals surface area contributed by atoms with Gasteiger partial charge in [-0.1, -0.05) is 0 Å². The van der Waals surface area contributed by atoms with E-state index in [1.165, 1.54) is 12.3 Å². The fourth-order valence-electron chi connectivity index (χ4n) is 1.83. The molecule has 0 unspecified atom stereocenters. The number of carbonyl (C=O) groups excluding carboxylic acids is 1. The molecule has 1 amide bonds. The smallest absolute Gasteiger partial charge is 0.287 e. The van der Waals surface area contributed by atoms with Gasteiger partial charge in [0.05, 0.1) is 17.7 Å². The maximum absolute atomic E-state index is 12.1. The van der Waals surface area contributed by atoms with Crippen molar-refractivity contribution in [3.05, 3.63) is 28.1 Å². The van der Waals surface area contributed by atoms with Gasteiger partial charge in [-0.05, 0) is 13.8 Å². The van der Waals surface area contributed by atoms with E-state index in [0.29, 0.717) is 31.9 Å². The minimum absolute atomic E-state index is 0.0284. The van der Waals surface area contributed by atoms with Crippen LogP contribution in [0.15, 0.2) is 12.3 Å². The average Bonchev–Trinajstić information content (AvgIpc) is 2.88. The molecule has 1 heterocycles. The molecule has 0 atom stereocenters. The lowest BCUT2D eigenvalue weighted by Gasteiger charge is -2.12. The molecule has 118 valence electrons. The molecule has 0 aromatic carbocycles. The normalized spacial score (nSPS) is 10.9. The van der Waals surface area contributed by atoms with Gasteiger partial charge in [-0.3, -0.25) is 14.9 Å². The van der Waals surface area contributed by atoms with Crippen molar-refractivity contribution < 1.29 is 14.5 Å². The molecule has 0 radical (unpaired) electrons. The first-order valence-corrected chi connectivity index (χ1v) is 6.81. The number of nitro groups is 1. The quantitative estimate of drug-likeness (QED) is 0.402. The van der Waals surface area contributed by atoms with Crippen LogP contribution in [0.25, 0.3) is 0 Å². The van der Waals surface area contributed by atoms with Crippen LogP contribution >= 0.6 is 0 Å². The summed E-state index contributed by atoms with van der Waals surface area (Å²) in [7, 11) is 1.62. The third kappa shape index (κ3) is 5.16. The second-order valence-electron chi connectivity index (χ2n) is 4.84. The number of nitrogens with one attached hydrogen (secondary N) is 2. The summed E-state index contributed by atoms with van der Waals surface area (Å²) in [5, 5.41) is 16.6. The predicted molar refractivity (Wildman–Crippen MR) is 78.6 cm³/mol. The fraction of sp³-hybridized carbons (Fsp3) is 0.615. The highest BCUT2D eigenvalue weighted by atomic mass is 16.6. The molecule has 0 saturated carbocycles. The predicted octanol–water partition coefficient (Wildman–Crippen LogP) is 0.943. The molecule has 1 aromatic heterocycles. The Morgan fingerprint density at radius 3 is 2.71 bits per heavy atom. The van der Waals surface area contributed by atoms with Crippen LogP contribution in [0, 0.1) is 10.1 Å². The van der Waals surface area contributed by atoms with Gasteiger partial charge < -0.3 is 19.9 Å². The number of rotatable bonds is 9. The molecule has 0 bridgehead atoms. The van der Waals surface area contributed by atoms with Crippen LogP contribution in [0.5, 0.6) is 0 Å². The Morgan fingerprint density at radius 1 is 1.43 bits per heavy atom. The number of amides is 1. The van der Waals surface area contributed by atoms with Crippen molar-refractivity contribution in [2.45, 2.75) is 19.9 Å². The number of hydrogen-bond donors (Lipinski definition) is 2. The molecule has 21 heavy (non-hydrogen) atoms. The van der Waals surface area contributed by atoms with Crippen LogP contribution in [-0.4, -0.2) is 48.7 Å². The zero-order chi connectivity index (χ0) is 15.8. The van der Waals surface area contributed by atoms with Crippen molar-refractivity contribution in [3.8, 4) is 0 Å². The van der Waals surface area contributed by atoms with Crippen molar-refractivity contribution in [2.24, 2.45) is 0 Å². The summed E-state index contributed by atoms with van der Waals surface area (Å²) in [6.07, 6.45) is 1.39. The van der Waals surface area contributed by atoms with Crippen molar-refractivity contribution in [2.75, 3.05) is 33.4 Å². The Kier molecular flexibility index (Phi) is 6.83.